The fourth-order valence-electron chi connectivity index (χ4n) is 1.19. The van der Waals surface area contributed by atoms with Crippen molar-refractivity contribution in [3.05, 3.63) is 22.7 Å². The molecule has 16 heavy (non-hydrogen) atoms. The number of anilines is 1. The van der Waals surface area contributed by atoms with E-state index in [2.05, 4.69) is 0 Å². The molecule has 0 fully saturated rings. The normalized spacial score (nSPS) is 14.4. The summed E-state index contributed by atoms with van der Waals surface area (Å²) < 4.78 is 0. The van der Waals surface area contributed by atoms with Crippen LogP contribution in [-0.2, 0) is 4.79 Å². The molecule has 0 aromatic heterocycles. The number of hydrogen-bond donors (Lipinski definition) is 5. The van der Waals surface area contributed by atoms with Crippen LogP contribution in [0.3, 0.4) is 0 Å². The lowest BCUT2D eigenvalue weighted by Crippen LogP contribution is -2.33. The molecule has 0 bridgehead atoms. The number of carbonyl (C=O) groups excluding carboxylic acids is 1. The third-order valence-electron chi connectivity index (χ3n) is 2.04. The highest BCUT2D eigenvalue weighted by Gasteiger charge is 2.26. The standard InChI is InChI=1S/C9H11ClN2O4/c10-3-1-4(6(13)5(11)2-3)7(14)8(15)9(12)16/h1-2,7-8,13-15H,11H2,(H2,12,16). The minimum absolute atomic E-state index is 0.0711. The second-order valence-corrected chi connectivity index (χ2v) is 3.66. The highest BCUT2D eigenvalue weighted by Crippen LogP contribution is 2.34. The molecule has 1 rings (SSSR count). The number of carbonyl (C=O) groups is 1. The van der Waals surface area contributed by atoms with Gasteiger partial charge in [-0.1, -0.05) is 11.6 Å². The lowest BCUT2D eigenvalue weighted by molar-refractivity contribution is -0.132. The molecule has 7 N–H and O–H groups in total. The number of nitrogens with two attached hydrogens (primary N) is 2. The van der Waals surface area contributed by atoms with Crippen molar-refractivity contribution in [2.45, 2.75) is 12.2 Å². The summed E-state index contributed by atoms with van der Waals surface area (Å²) in [6.45, 7) is 0. The van der Waals surface area contributed by atoms with Gasteiger partial charge in [-0.05, 0) is 12.1 Å². The van der Waals surface area contributed by atoms with Gasteiger partial charge in [0.15, 0.2) is 6.10 Å². The van der Waals surface area contributed by atoms with Gasteiger partial charge in [0.25, 0.3) is 0 Å². The van der Waals surface area contributed by atoms with Crippen molar-refractivity contribution in [3.8, 4) is 5.75 Å². The molecule has 88 valence electrons. The van der Waals surface area contributed by atoms with Crippen molar-refractivity contribution < 1.29 is 20.1 Å². The minimum Gasteiger partial charge on any atom is -0.505 e. The Kier molecular flexibility index (Phi) is 3.58. The average Bonchev–Trinajstić information content (AvgIpc) is 2.21. The highest BCUT2D eigenvalue weighted by atomic mass is 35.5. The van der Waals surface area contributed by atoms with Crippen LogP contribution >= 0.6 is 11.6 Å². The Morgan fingerprint density at radius 2 is 1.94 bits per heavy atom. The summed E-state index contributed by atoms with van der Waals surface area (Å²) in [5, 5.41) is 28.5. The molecule has 0 spiro atoms. The second-order valence-electron chi connectivity index (χ2n) is 3.22. The van der Waals surface area contributed by atoms with E-state index in [9.17, 15) is 20.1 Å². The first-order valence-electron chi connectivity index (χ1n) is 4.28. The maximum atomic E-state index is 10.7. The van der Waals surface area contributed by atoms with Gasteiger partial charge in [-0.2, -0.15) is 0 Å². The molecule has 0 aliphatic carbocycles. The van der Waals surface area contributed by atoms with Gasteiger partial charge in [0.05, 0.1) is 5.69 Å². The van der Waals surface area contributed by atoms with Crippen LogP contribution < -0.4 is 11.5 Å². The molecule has 0 aliphatic rings. The number of nitrogen functional groups attached to an aromatic ring is 1. The van der Waals surface area contributed by atoms with Crippen molar-refractivity contribution in [2.24, 2.45) is 5.73 Å². The van der Waals surface area contributed by atoms with Crippen molar-refractivity contribution in [1.29, 1.82) is 0 Å². The summed E-state index contributed by atoms with van der Waals surface area (Å²) in [6.07, 6.45) is -3.53. The Hall–Kier alpha value is -1.50. The molecule has 0 radical (unpaired) electrons. The zero-order chi connectivity index (χ0) is 12.5. The van der Waals surface area contributed by atoms with Gasteiger partial charge in [-0.3, -0.25) is 4.79 Å². The summed E-state index contributed by atoms with van der Waals surface area (Å²) in [5.41, 5.74) is 9.97. The number of rotatable bonds is 3. The molecule has 1 amide bonds. The van der Waals surface area contributed by atoms with E-state index >= 15 is 0 Å². The van der Waals surface area contributed by atoms with Crippen LogP contribution in [0.15, 0.2) is 12.1 Å². The fraction of sp³-hybridized carbons (Fsp3) is 0.222. The van der Waals surface area contributed by atoms with Crippen LogP contribution in [-0.4, -0.2) is 27.3 Å². The first-order valence-corrected chi connectivity index (χ1v) is 4.65. The fourth-order valence-corrected chi connectivity index (χ4v) is 1.43. The Labute approximate surface area is 96.1 Å². The molecule has 1 aromatic rings. The van der Waals surface area contributed by atoms with E-state index in [0.717, 1.165) is 0 Å². The van der Waals surface area contributed by atoms with Crippen LogP contribution in [0.4, 0.5) is 5.69 Å². The Morgan fingerprint density at radius 3 is 2.44 bits per heavy atom. The zero-order valence-electron chi connectivity index (χ0n) is 8.09. The number of aromatic hydroxyl groups is 1. The Balaban J connectivity index is 3.17. The lowest BCUT2D eigenvalue weighted by atomic mass is 10.0. The van der Waals surface area contributed by atoms with Gasteiger partial charge in [-0.25, -0.2) is 0 Å². The number of phenols is 1. The second kappa shape index (κ2) is 4.56. The third-order valence-corrected chi connectivity index (χ3v) is 2.26. The van der Waals surface area contributed by atoms with Gasteiger partial charge < -0.3 is 26.8 Å². The largest absolute Gasteiger partial charge is 0.505 e. The molecule has 6 nitrogen and oxygen atoms in total. The molecular weight excluding hydrogens is 236 g/mol. The number of phenolic OH excluding ortho intramolecular Hbond substituents is 1. The van der Waals surface area contributed by atoms with Crippen molar-refractivity contribution >= 4 is 23.2 Å². The van der Waals surface area contributed by atoms with E-state index in [0.29, 0.717) is 0 Å². The molecule has 0 saturated heterocycles. The summed E-state index contributed by atoms with van der Waals surface area (Å²) in [7, 11) is 0. The molecule has 0 aliphatic heterocycles. The number of primary amides is 1. The third kappa shape index (κ3) is 2.35. The number of aliphatic hydroxyl groups is 2. The van der Waals surface area contributed by atoms with E-state index < -0.39 is 23.9 Å². The number of benzene rings is 1. The maximum Gasteiger partial charge on any atom is 0.249 e. The quantitative estimate of drug-likeness (QED) is 0.363. The van der Waals surface area contributed by atoms with Crippen LogP contribution in [0.5, 0.6) is 5.75 Å². The number of hydrogen-bond acceptors (Lipinski definition) is 5. The van der Waals surface area contributed by atoms with Crippen molar-refractivity contribution in [3.63, 3.8) is 0 Å². The Morgan fingerprint density at radius 1 is 1.38 bits per heavy atom. The number of halogens is 1. The van der Waals surface area contributed by atoms with Crippen LogP contribution in [0.2, 0.25) is 5.02 Å². The van der Waals surface area contributed by atoms with Gasteiger partial charge in [0, 0.05) is 10.6 Å². The molecule has 0 saturated carbocycles. The van der Waals surface area contributed by atoms with Gasteiger partial charge in [0.1, 0.15) is 11.9 Å². The monoisotopic (exact) mass is 246 g/mol. The van der Waals surface area contributed by atoms with Crippen LogP contribution in [0.25, 0.3) is 0 Å². The first kappa shape index (κ1) is 12.6. The Bertz CT molecular complexity index is 424. The predicted octanol–water partition coefficient (Wildman–Crippen LogP) is -0.493. The summed E-state index contributed by atoms with van der Waals surface area (Å²) in [6, 6.07) is 2.45. The van der Waals surface area contributed by atoms with E-state index in [1.807, 2.05) is 0 Å². The number of aliphatic hydroxyl groups excluding tert-OH is 2. The number of amides is 1. The van der Waals surface area contributed by atoms with Gasteiger partial charge >= 0.3 is 0 Å². The lowest BCUT2D eigenvalue weighted by Gasteiger charge is -2.17. The van der Waals surface area contributed by atoms with Crippen molar-refractivity contribution in [2.75, 3.05) is 5.73 Å². The van der Waals surface area contributed by atoms with Crippen LogP contribution in [0, 0.1) is 0 Å². The average molecular weight is 247 g/mol. The highest BCUT2D eigenvalue weighted by molar-refractivity contribution is 6.31. The predicted molar refractivity (Wildman–Crippen MR) is 57.7 cm³/mol. The molecule has 7 heteroatoms. The van der Waals surface area contributed by atoms with Crippen molar-refractivity contribution in [1.82, 2.24) is 0 Å². The van der Waals surface area contributed by atoms with E-state index in [4.69, 9.17) is 23.1 Å². The molecule has 1 aromatic carbocycles. The molecule has 0 heterocycles. The maximum absolute atomic E-state index is 10.7. The molecule has 2 atom stereocenters. The van der Waals surface area contributed by atoms with E-state index in [1.165, 1.54) is 12.1 Å². The van der Waals surface area contributed by atoms with Crippen LogP contribution in [0.1, 0.15) is 11.7 Å². The summed E-state index contributed by atoms with van der Waals surface area (Å²) in [4.78, 5) is 10.7. The van der Waals surface area contributed by atoms with E-state index in [-0.39, 0.29) is 16.3 Å². The van der Waals surface area contributed by atoms with Gasteiger partial charge in [0.2, 0.25) is 5.91 Å². The zero-order valence-corrected chi connectivity index (χ0v) is 8.85. The summed E-state index contributed by atoms with van der Waals surface area (Å²) >= 11 is 5.65. The van der Waals surface area contributed by atoms with Gasteiger partial charge in [-0.15, -0.1) is 0 Å². The van der Waals surface area contributed by atoms with E-state index in [1.54, 1.807) is 0 Å². The SMILES string of the molecule is NC(=O)C(O)C(O)c1cc(Cl)cc(N)c1O. The smallest absolute Gasteiger partial charge is 0.249 e. The molecule has 2 unspecified atom stereocenters. The topological polar surface area (TPSA) is 130 Å². The molecular formula is C9H11ClN2O4. The summed E-state index contributed by atoms with van der Waals surface area (Å²) in [5.74, 6) is -1.57. The first-order chi connectivity index (χ1) is 7.34. The minimum atomic E-state index is -1.84.